The zero-order valence-corrected chi connectivity index (χ0v) is 20.5. The average molecular weight is 511 g/mol. The predicted molar refractivity (Wildman–Crippen MR) is 131 cm³/mol. The Bertz CT molecular complexity index is 1070. The van der Waals surface area contributed by atoms with E-state index < -0.39 is 23.9 Å². The molecule has 1 aliphatic carbocycles. The highest BCUT2D eigenvalue weighted by Gasteiger charge is 2.32. The number of hydroxylamine groups is 2. The number of carbonyl (C=O) groups is 4. The highest BCUT2D eigenvalue weighted by atomic mass is 16.7. The van der Waals surface area contributed by atoms with Crippen molar-refractivity contribution in [3.05, 3.63) is 59.7 Å². The highest BCUT2D eigenvalue weighted by Crippen LogP contribution is 2.44. The van der Waals surface area contributed by atoms with Crippen molar-refractivity contribution in [1.29, 1.82) is 0 Å². The van der Waals surface area contributed by atoms with Gasteiger partial charge in [0, 0.05) is 31.9 Å². The summed E-state index contributed by atoms with van der Waals surface area (Å²) in [6.45, 7) is 1.82. The first-order chi connectivity index (χ1) is 18.0. The van der Waals surface area contributed by atoms with Crippen molar-refractivity contribution in [3.8, 4) is 11.1 Å². The molecule has 2 aromatic carbocycles. The number of alkyl carbamates (subject to hydrolysis) is 1. The Hall–Kier alpha value is -3.76. The average Bonchev–Trinajstić information content (AvgIpc) is 3.40. The molecule has 1 N–H and O–H groups in total. The van der Waals surface area contributed by atoms with Gasteiger partial charge in [0.15, 0.2) is 0 Å². The molecule has 2 aliphatic rings. The van der Waals surface area contributed by atoms with Crippen LogP contribution in [0, 0.1) is 0 Å². The van der Waals surface area contributed by atoms with Crippen molar-refractivity contribution in [3.63, 3.8) is 0 Å². The topological polar surface area (TPSA) is 120 Å². The van der Waals surface area contributed by atoms with E-state index in [1.54, 1.807) is 0 Å². The molecule has 1 saturated heterocycles. The number of imide groups is 1. The second kappa shape index (κ2) is 13.0. The lowest BCUT2D eigenvalue weighted by Crippen LogP contribution is -2.32. The van der Waals surface area contributed by atoms with E-state index in [0.29, 0.717) is 44.5 Å². The third-order valence-corrected chi connectivity index (χ3v) is 6.10. The molecule has 4 rings (SSSR count). The molecule has 3 amide bonds. The molecule has 10 heteroatoms. The van der Waals surface area contributed by atoms with Crippen LogP contribution in [0.4, 0.5) is 4.79 Å². The Labute approximate surface area is 214 Å². The number of ether oxygens (including phenoxy) is 3. The molecule has 1 fully saturated rings. The Morgan fingerprint density at radius 3 is 2.08 bits per heavy atom. The molecule has 0 aromatic heterocycles. The molecule has 0 radical (unpaired) electrons. The largest absolute Gasteiger partial charge is 0.449 e. The Kier molecular flexibility index (Phi) is 9.23. The number of nitrogens with zero attached hydrogens (tertiary/aromatic N) is 1. The zero-order chi connectivity index (χ0) is 26.0. The number of rotatable bonds is 13. The lowest BCUT2D eigenvalue weighted by atomic mass is 9.98. The second-order valence-corrected chi connectivity index (χ2v) is 8.63. The first-order valence-electron chi connectivity index (χ1n) is 12.4. The fraction of sp³-hybridized carbons (Fsp3) is 0.407. The first-order valence-corrected chi connectivity index (χ1v) is 12.4. The van der Waals surface area contributed by atoms with Crippen molar-refractivity contribution < 1.29 is 38.2 Å². The minimum absolute atomic E-state index is 0.0126. The van der Waals surface area contributed by atoms with Crippen LogP contribution in [0.3, 0.4) is 0 Å². The van der Waals surface area contributed by atoms with Gasteiger partial charge in [-0.1, -0.05) is 48.5 Å². The number of hydrogen-bond acceptors (Lipinski definition) is 8. The van der Waals surface area contributed by atoms with Gasteiger partial charge >= 0.3 is 12.1 Å². The van der Waals surface area contributed by atoms with Crippen LogP contribution in [0.1, 0.15) is 42.7 Å². The molecule has 1 heterocycles. The van der Waals surface area contributed by atoms with Crippen LogP contribution in [0.25, 0.3) is 11.1 Å². The number of fused-ring (bicyclic) bond motifs is 3. The molecule has 2 aromatic rings. The summed E-state index contributed by atoms with van der Waals surface area (Å²) < 4.78 is 16.3. The van der Waals surface area contributed by atoms with Gasteiger partial charge in [0.05, 0.1) is 26.2 Å². The summed E-state index contributed by atoms with van der Waals surface area (Å²) >= 11 is 0. The number of benzene rings is 2. The summed E-state index contributed by atoms with van der Waals surface area (Å²) in [5.74, 6) is -1.64. The molecule has 0 atom stereocenters. The van der Waals surface area contributed by atoms with Crippen molar-refractivity contribution in [2.75, 3.05) is 39.6 Å². The van der Waals surface area contributed by atoms with E-state index in [4.69, 9.17) is 19.0 Å². The molecule has 196 valence electrons. The predicted octanol–water partition coefficient (Wildman–Crippen LogP) is 2.95. The number of nitrogens with one attached hydrogen (secondary N) is 1. The smallest absolute Gasteiger partial charge is 0.407 e. The molecular weight excluding hydrogens is 480 g/mol. The SMILES string of the molecule is O=C(CCCOCCOCCNC(=O)OCC1c2ccccc2-c2ccccc21)ON1C(=O)CCC1=O. The number of amides is 3. The molecule has 1 aliphatic heterocycles. The van der Waals surface area contributed by atoms with E-state index in [0.717, 1.165) is 11.1 Å². The van der Waals surface area contributed by atoms with E-state index >= 15 is 0 Å². The minimum Gasteiger partial charge on any atom is -0.449 e. The molecule has 0 saturated carbocycles. The van der Waals surface area contributed by atoms with Crippen molar-refractivity contribution in [2.24, 2.45) is 0 Å². The van der Waals surface area contributed by atoms with Crippen LogP contribution >= 0.6 is 0 Å². The van der Waals surface area contributed by atoms with E-state index in [2.05, 4.69) is 29.6 Å². The Balaban J connectivity index is 1.02. The van der Waals surface area contributed by atoms with Crippen LogP contribution in [-0.4, -0.2) is 68.5 Å². The molecule has 0 bridgehead atoms. The molecule has 10 nitrogen and oxygen atoms in total. The highest BCUT2D eigenvalue weighted by molar-refractivity contribution is 6.01. The standard InChI is InChI=1S/C27H30N2O8/c30-24-11-12-25(31)29(24)37-26(32)10-5-14-34-16-17-35-15-13-28-27(33)36-18-23-21-8-3-1-6-19(21)20-7-2-4-9-22(20)23/h1-4,6-9,23H,5,10-18H2,(H,28,33). The van der Waals surface area contributed by atoms with Gasteiger partial charge in [0.2, 0.25) is 0 Å². The van der Waals surface area contributed by atoms with E-state index in [1.807, 2.05) is 24.3 Å². The second-order valence-electron chi connectivity index (χ2n) is 8.63. The van der Waals surface area contributed by atoms with Crippen LogP contribution in [0.15, 0.2) is 48.5 Å². The maximum atomic E-state index is 12.1. The molecule has 0 spiro atoms. The quantitative estimate of drug-likeness (QED) is 0.323. The normalized spacial score (nSPS) is 14.4. The van der Waals surface area contributed by atoms with Crippen molar-refractivity contribution >= 4 is 23.9 Å². The third-order valence-electron chi connectivity index (χ3n) is 6.10. The van der Waals surface area contributed by atoms with E-state index in [-0.39, 0.29) is 31.8 Å². The van der Waals surface area contributed by atoms with Crippen LogP contribution in [0.5, 0.6) is 0 Å². The summed E-state index contributed by atoms with van der Waals surface area (Å²) in [6, 6.07) is 16.3. The van der Waals surface area contributed by atoms with Gasteiger partial charge < -0.3 is 24.4 Å². The first kappa shape index (κ1) is 26.3. The van der Waals surface area contributed by atoms with E-state index in [9.17, 15) is 19.2 Å². The number of carbonyl (C=O) groups excluding carboxylic acids is 4. The fourth-order valence-electron chi connectivity index (χ4n) is 4.32. The van der Waals surface area contributed by atoms with Gasteiger partial charge in [-0.05, 0) is 28.7 Å². The molecule has 37 heavy (non-hydrogen) atoms. The van der Waals surface area contributed by atoms with Crippen molar-refractivity contribution in [1.82, 2.24) is 10.4 Å². The molecule has 0 unspecified atom stereocenters. The van der Waals surface area contributed by atoms with Crippen LogP contribution in [0.2, 0.25) is 0 Å². The van der Waals surface area contributed by atoms with Gasteiger partial charge in [-0.3, -0.25) is 9.59 Å². The summed E-state index contributed by atoms with van der Waals surface area (Å²) in [5.41, 5.74) is 4.68. The summed E-state index contributed by atoms with van der Waals surface area (Å²) in [7, 11) is 0. The van der Waals surface area contributed by atoms with Crippen LogP contribution in [-0.2, 0) is 33.4 Å². The van der Waals surface area contributed by atoms with Gasteiger partial charge in [0.25, 0.3) is 11.8 Å². The van der Waals surface area contributed by atoms with Crippen LogP contribution < -0.4 is 5.32 Å². The summed E-state index contributed by atoms with van der Waals surface area (Å²) in [4.78, 5) is 51.4. The zero-order valence-electron chi connectivity index (χ0n) is 20.5. The Morgan fingerprint density at radius 1 is 0.838 bits per heavy atom. The lowest BCUT2D eigenvalue weighted by molar-refractivity contribution is -0.197. The summed E-state index contributed by atoms with van der Waals surface area (Å²) in [6.07, 6.45) is 0.0543. The van der Waals surface area contributed by atoms with Gasteiger partial charge in [-0.25, -0.2) is 9.59 Å². The molecular formula is C27H30N2O8. The van der Waals surface area contributed by atoms with E-state index in [1.165, 1.54) is 11.1 Å². The monoisotopic (exact) mass is 510 g/mol. The number of hydrogen-bond donors (Lipinski definition) is 1. The Morgan fingerprint density at radius 2 is 1.43 bits per heavy atom. The van der Waals surface area contributed by atoms with Crippen molar-refractivity contribution in [2.45, 2.75) is 31.6 Å². The lowest BCUT2D eigenvalue weighted by Gasteiger charge is -2.14. The summed E-state index contributed by atoms with van der Waals surface area (Å²) in [5, 5.41) is 3.22. The third kappa shape index (κ3) is 6.93. The minimum atomic E-state index is -0.650. The van der Waals surface area contributed by atoms with Gasteiger partial charge in [-0.2, -0.15) is 0 Å². The fourth-order valence-corrected chi connectivity index (χ4v) is 4.32. The van der Waals surface area contributed by atoms with Gasteiger partial charge in [-0.15, -0.1) is 5.06 Å². The maximum Gasteiger partial charge on any atom is 0.407 e. The van der Waals surface area contributed by atoms with Gasteiger partial charge in [0.1, 0.15) is 6.61 Å². The maximum absolute atomic E-state index is 12.1.